The van der Waals surface area contributed by atoms with Gasteiger partial charge in [-0.1, -0.05) is 44.2 Å². The fourth-order valence-corrected chi connectivity index (χ4v) is 6.96. The van der Waals surface area contributed by atoms with Crippen LogP contribution in [0.3, 0.4) is 0 Å². The number of nitrogen functional groups attached to an aromatic ring is 1. The molecule has 0 aliphatic carbocycles. The van der Waals surface area contributed by atoms with Crippen LogP contribution in [0.25, 0.3) is 0 Å². The van der Waals surface area contributed by atoms with E-state index in [1.165, 1.54) is 41.4 Å². The molecule has 238 valence electrons. The number of aliphatic hydroxyl groups excluding tert-OH is 1. The van der Waals surface area contributed by atoms with Crippen molar-refractivity contribution in [3.63, 3.8) is 0 Å². The van der Waals surface area contributed by atoms with Crippen LogP contribution in [0.4, 0.5) is 10.5 Å². The van der Waals surface area contributed by atoms with Crippen LogP contribution in [0.1, 0.15) is 38.7 Å². The number of carbonyl (C=O) groups is 1. The Hall–Kier alpha value is -2.74. The van der Waals surface area contributed by atoms with Crippen LogP contribution < -0.4 is 11.1 Å². The highest BCUT2D eigenvalue weighted by Crippen LogP contribution is 2.33. The van der Waals surface area contributed by atoms with Gasteiger partial charge in [-0.2, -0.15) is 4.31 Å². The van der Waals surface area contributed by atoms with E-state index in [2.05, 4.69) is 5.32 Å². The smallest absolute Gasteiger partial charge is 0.407 e. The second kappa shape index (κ2) is 15.8. The highest BCUT2D eigenvalue weighted by Gasteiger charge is 2.44. The second-order valence-corrected chi connectivity index (χ2v) is 13.5. The standard InChI is InChI=1S/C27H37N3O7S.C4H8O/c1-18(2)15-30(38(33,34)21-10-8-20(28)9-11-21)16-24(31)23(14-19-6-4-3-5-7-19)29-27(32)37-25-17-36-26-22(25)12-13-35-26;1-2-4-5-3-1/h3-11,18,22-26,31H,12-17,28H2,1-2H3,(H,29,32);1-4H2/t22-,23-,24+,25-,26+;/m0./s1. The molecule has 43 heavy (non-hydrogen) atoms. The molecule has 5 atom stereocenters. The summed E-state index contributed by atoms with van der Waals surface area (Å²) in [6, 6.07) is 14.5. The Balaban J connectivity index is 0.000000767. The lowest BCUT2D eigenvalue weighted by atomic mass is 10.0. The fraction of sp³-hybridized carbons (Fsp3) is 0.581. The summed E-state index contributed by atoms with van der Waals surface area (Å²) >= 11 is 0. The summed E-state index contributed by atoms with van der Waals surface area (Å²) in [6.45, 7) is 6.58. The van der Waals surface area contributed by atoms with Gasteiger partial charge in [0.2, 0.25) is 10.0 Å². The van der Waals surface area contributed by atoms with Crippen molar-refractivity contribution in [1.29, 1.82) is 0 Å². The third-order valence-electron chi connectivity index (χ3n) is 7.61. The van der Waals surface area contributed by atoms with E-state index >= 15 is 0 Å². The number of hydrogen-bond acceptors (Lipinski definition) is 9. The normalized spacial score (nSPS) is 23.0. The molecule has 2 aromatic rings. The molecule has 0 radical (unpaired) electrons. The SMILES string of the molecule is C1CCOC1.CC(C)CN(C[C@@H](O)[C@H](Cc1ccccc1)NC(=O)O[C@H]1CO[C@H]2OCC[C@H]21)S(=O)(=O)c1ccc(N)cc1. The number of benzene rings is 2. The summed E-state index contributed by atoms with van der Waals surface area (Å²) < 4.78 is 49.9. The first-order valence-electron chi connectivity index (χ1n) is 15.0. The lowest BCUT2D eigenvalue weighted by Gasteiger charge is -2.31. The Labute approximate surface area is 254 Å². The van der Waals surface area contributed by atoms with Crippen LogP contribution in [0.2, 0.25) is 0 Å². The molecule has 5 rings (SSSR count). The van der Waals surface area contributed by atoms with Gasteiger partial charge in [0.25, 0.3) is 0 Å². The molecular weight excluding hydrogens is 574 g/mol. The van der Waals surface area contributed by atoms with Gasteiger partial charge in [0.15, 0.2) is 6.29 Å². The van der Waals surface area contributed by atoms with Crippen molar-refractivity contribution in [2.24, 2.45) is 11.8 Å². The average Bonchev–Trinajstić information content (AvgIpc) is 3.76. The first kappa shape index (κ1) is 33.2. The molecule has 0 aromatic heterocycles. The number of nitrogens with zero attached hydrogens (tertiary/aromatic N) is 1. The van der Waals surface area contributed by atoms with E-state index in [4.69, 9.17) is 24.7 Å². The maximum atomic E-state index is 13.5. The highest BCUT2D eigenvalue weighted by atomic mass is 32.2. The molecule has 3 fully saturated rings. The zero-order chi connectivity index (χ0) is 30.8. The van der Waals surface area contributed by atoms with Gasteiger partial charge >= 0.3 is 6.09 Å². The third-order valence-corrected chi connectivity index (χ3v) is 9.46. The summed E-state index contributed by atoms with van der Waals surface area (Å²) in [5, 5.41) is 14.1. The fourth-order valence-electron chi connectivity index (χ4n) is 5.33. The van der Waals surface area contributed by atoms with Crippen molar-refractivity contribution >= 4 is 21.8 Å². The van der Waals surface area contributed by atoms with E-state index < -0.39 is 34.4 Å². The Morgan fingerprint density at radius 2 is 1.74 bits per heavy atom. The second-order valence-electron chi connectivity index (χ2n) is 11.6. The molecule has 0 spiro atoms. The third kappa shape index (κ3) is 9.62. The van der Waals surface area contributed by atoms with Gasteiger partial charge in [-0.15, -0.1) is 0 Å². The molecular formula is C31H45N3O8S. The number of ether oxygens (including phenoxy) is 4. The van der Waals surface area contributed by atoms with Gasteiger partial charge in [0.1, 0.15) is 6.10 Å². The first-order valence-corrected chi connectivity index (χ1v) is 16.4. The zero-order valence-electron chi connectivity index (χ0n) is 25.0. The lowest BCUT2D eigenvalue weighted by Crippen LogP contribution is -2.51. The number of hydrogen-bond donors (Lipinski definition) is 3. The molecule has 11 nitrogen and oxygen atoms in total. The van der Waals surface area contributed by atoms with Gasteiger partial charge in [0, 0.05) is 32.0 Å². The van der Waals surface area contributed by atoms with Crippen LogP contribution in [-0.2, 0) is 35.4 Å². The minimum Gasteiger partial charge on any atom is -0.443 e. The maximum absolute atomic E-state index is 13.5. The summed E-state index contributed by atoms with van der Waals surface area (Å²) in [4.78, 5) is 13.0. The molecule has 2 aromatic carbocycles. The van der Waals surface area contributed by atoms with E-state index in [0.29, 0.717) is 12.3 Å². The van der Waals surface area contributed by atoms with Crippen molar-refractivity contribution in [2.45, 2.75) is 69.0 Å². The highest BCUT2D eigenvalue weighted by molar-refractivity contribution is 7.89. The maximum Gasteiger partial charge on any atom is 0.407 e. The monoisotopic (exact) mass is 619 g/mol. The topological polar surface area (TPSA) is 150 Å². The Bertz CT molecular complexity index is 1230. The number of sulfonamides is 1. The predicted molar refractivity (Wildman–Crippen MR) is 162 cm³/mol. The number of anilines is 1. The van der Waals surface area contributed by atoms with E-state index in [1.807, 2.05) is 44.2 Å². The molecule has 0 bridgehead atoms. The minimum atomic E-state index is -3.93. The predicted octanol–water partition coefficient (Wildman–Crippen LogP) is 3.17. The van der Waals surface area contributed by atoms with Crippen LogP contribution in [0.15, 0.2) is 59.5 Å². The van der Waals surface area contributed by atoms with Gasteiger partial charge in [-0.3, -0.25) is 0 Å². The van der Waals surface area contributed by atoms with Crippen LogP contribution in [0.5, 0.6) is 0 Å². The average molecular weight is 620 g/mol. The van der Waals surface area contributed by atoms with Gasteiger partial charge in [-0.25, -0.2) is 13.2 Å². The summed E-state index contributed by atoms with van der Waals surface area (Å²) in [5.41, 5.74) is 7.07. The molecule has 3 saturated heterocycles. The minimum absolute atomic E-state index is 0.000183. The van der Waals surface area contributed by atoms with Gasteiger partial charge in [-0.05, 0) is 61.4 Å². The van der Waals surface area contributed by atoms with Gasteiger partial charge in [0.05, 0.1) is 36.2 Å². The quantitative estimate of drug-likeness (QED) is 0.322. The molecule has 0 saturated carbocycles. The number of amides is 1. The van der Waals surface area contributed by atoms with E-state index in [0.717, 1.165) is 25.2 Å². The van der Waals surface area contributed by atoms with Crippen LogP contribution >= 0.6 is 0 Å². The van der Waals surface area contributed by atoms with E-state index in [-0.39, 0.29) is 49.1 Å². The van der Waals surface area contributed by atoms with E-state index in [1.54, 1.807) is 0 Å². The Morgan fingerprint density at radius 1 is 1.05 bits per heavy atom. The summed E-state index contributed by atoms with van der Waals surface area (Å²) in [6.07, 6.45) is 0.869. The molecule has 1 amide bonds. The first-order chi connectivity index (χ1) is 20.6. The summed E-state index contributed by atoms with van der Waals surface area (Å²) in [5.74, 6) is -0.0231. The van der Waals surface area contributed by atoms with Crippen molar-refractivity contribution in [2.75, 3.05) is 45.3 Å². The van der Waals surface area contributed by atoms with Crippen LogP contribution in [0, 0.1) is 11.8 Å². The zero-order valence-corrected chi connectivity index (χ0v) is 25.8. The number of nitrogens with one attached hydrogen (secondary N) is 1. The molecule has 0 unspecified atom stereocenters. The number of rotatable bonds is 11. The van der Waals surface area contributed by atoms with Crippen molar-refractivity contribution in [3.8, 4) is 0 Å². The number of nitrogens with two attached hydrogens (primary N) is 1. The van der Waals surface area contributed by atoms with Crippen molar-refractivity contribution < 1.29 is 37.3 Å². The molecule has 3 aliphatic rings. The number of alkyl carbamates (subject to hydrolysis) is 1. The summed E-state index contributed by atoms with van der Waals surface area (Å²) in [7, 11) is -3.93. The largest absolute Gasteiger partial charge is 0.443 e. The Kier molecular flexibility index (Phi) is 12.2. The molecule has 3 aliphatic heterocycles. The molecule has 4 N–H and O–H groups in total. The van der Waals surface area contributed by atoms with Gasteiger partial charge < -0.3 is 35.1 Å². The van der Waals surface area contributed by atoms with Crippen molar-refractivity contribution in [3.05, 3.63) is 60.2 Å². The molecule has 12 heteroatoms. The van der Waals surface area contributed by atoms with Crippen molar-refractivity contribution in [1.82, 2.24) is 9.62 Å². The lowest BCUT2D eigenvalue weighted by molar-refractivity contribution is -0.0907. The molecule has 3 heterocycles. The number of fused-ring (bicyclic) bond motifs is 1. The Morgan fingerprint density at radius 3 is 2.37 bits per heavy atom. The van der Waals surface area contributed by atoms with Crippen LogP contribution in [-0.4, -0.2) is 88.0 Å². The number of aliphatic hydroxyl groups is 1. The number of carbonyl (C=O) groups excluding carboxylic acids is 1. The van der Waals surface area contributed by atoms with E-state index in [9.17, 15) is 18.3 Å².